The average molecular weight is 347 g/mol. The van der Waals surface area contributed by atoms with E-state index in [1.54, 1.807) is 7.11 Å². The van der Waals surface area contributed by atoms with Gasteiger partial charge in [-0.2, -0.15) is 0 Å². The van der Waals surface area contributed by atoms with Crippen molar-refractivity contribution in [2.45, 2.75) is 96.9 Å². The number of unbranched alkanes of at least 4 members (excludes halogenated alkanes) is 3. The van der Waals surface area contributed by atoms with Crippen LogP contribution in [0.4, 0.5) is 0 Å². The van der Waals surface area contributed by atoms with E-state index in [1.807, 2.05) is 6.92 Å². The molecule has 0 bridgehead atoms. The largest absolute Gasteiger partial charge is 0.373 e. The number of hydrogen-bond donors (Lipinski definition) is 0. The molecule has 1 fully saturated rings. The topological polar surface area (TPSA) is 46.2 Å². The monoisotopic (exact) mass is 346 g/mol. The van der Waals surface area contributed by atoms with Crippen molar-refractivity contribution in [2.75, 3.05) is 26.9 Å². The molecule has 24 heavy (non-hydrogen) atoms. The van der Waals surface area contributed by atoms with Crippen LogP contribution in [0.2, 0.25) is 0 Å². The fourth-order valence-corrected chi connectivity index (χ4v) is 2.85. The molecular weight excluding hydrogens is 308 g/mol. The summed E-state index contributed by atoms with van der Waals surface area (Å²) in [6, 6.07) is 0. The van der Waals surface area contributed by atoms with Gasteiger partial charge in [0.2, 0.25) is 0 Å². The maximum absolute atomic E-state index is 6.20. The second kappa shape index (κ2) is 13.1. The summed E-state index contributed by atoms with van der Waals surface area (Å²) in [6.07, 6.45) is 5.40. The second-order valence-electron chi connectivity index (χ2n) is 6.51. The quantitative estimate of drug-likeness (QED) is 0.473. The number of methoxy groups -OCH3 is 1. The molecule has 0 aromatic heterocycles. The van der Waals surface area contributed by atoms with Gasteiger partial charge in [0.15, 0.2) is 6.29 Å². The van der Waals surface area contributed by atoms with Gasteiger partial charge in [-0.05, 0) is 26.2 Å². The lowest BCUT2D eigenvalue weighted by Crippen LogP contribution is -2.60. The molecule has 1 heterocycles. The summed E-state index contributed by atoms with van der Waals surface area (Å²) in [5.41, 5.74) is 0. The van der Waals surface area contributed by atoms with Crippen molar-refractivity contribution in [3.05, 3.63) is 0 Å². The molecule has 0 aliphatic carbocycles. The first-order valence-corrected chi connectivity index (χ1v) is 9.72. The van der Waals surface area contributed by atoms with Crippen molar-refractivity contribution < 1.29 is 23.7 Å². The molecule has 0 aromatic carbocycles. The van der Waals surface area contributed by atoms with Gasteiger partial charge in [-0.1, -0.05) is 40.0 Å². The van der Waals surface area contributed by atoms with Crippen LogP contribution in [-0.2, 0) is 23.7 Å². The summed E-state index contributed by atoms with van der Waals surface area (Å²) in [4.78, 5) is 0. The maximum Gasteiger partial charge on any atom is 0.186 e. The highest BCUT2D eigenvalue weighted by Crippen LogP contribution is 2.29. The molecule has 0 N–H and O–H groups in total. The van der Waals surface area contributed by atoms with Crippen LogP contribution < -0.4 is 0 Å². The normalized spacial score (nSPS) is 30.6. The Bertz CT molecular complexity index is 299. The molecule has 0 spiro atoms. The van der Waals surface area contributed by atoms with E-state index in [9.17, 15) is 0 Å². The van der Waals surface area contributed by atoms with Crippen LogP contribution in [0.5, 0.6) is 0 Å². The molecular formula is C19H38O5. The van der Waals surface area contributed by atoms with E-state index in [4.69, 9.17) is 23.7 Å². The van der Waals surface area contributed by atoms with Crippen LogP contribution in [0.3, 0.4) is 0 Å². The Balaban J connectivity index is 2.79. The summed E-state index contributed by atoms with van der Waals surface area (Å²) < 4.78 is 30.0. The van der Waals surface area contributed by atoms with Crippen molar-refractivity contribution in [2.24, 2.45) is 0 Å². The van der Waals surface area contributed by atoms with Crippen molar-refractivity contribution in [3.8, 4) is 0 Å². The summed E-state index contributed by atoms with van der Waals surface area (Å²) in [7, 11) is 1.66. The molecule has 1 aliphatic heterocycles. The molecule has 5 atom stereocenters. The van der Waals surface area contributed by atoms with Crippen LogP contribution in [-0.4, -0.2) is 57.6 Å². The first-order valence-electron chi connectivity index (χ1n) is 9.72. The zero-order valence-corrected chi connectivity index (χ0v) is 16.3. The lowest BCUT2D eigenvalue weighted by Gasteiger charge is -2.44. The van der Waals surface area contributed by atoms with Crippen LogP contribution in [0, 0.1) is 0 Å². The molecule has 5 heteroatoms. The molecule has 3 unspecified atom stereocenters. The molecule has 0 amide bonds. The third-order valence-electron chi connectivity index (χ3n) is 4.38. The first kappa shape index (κ1) is 21.8. The molecule has 1 rings (SSSR count). The Kier molecular flexibility index (Phi) is 11.9. The standard InChI is InChI=1S/C19H38O5/c1-6-9-12-21-16-15(4)24-19(20-5)18(23-14-11-8-3)17(16)22-13-10-7-2/h15-19H,6-14H2,1-5H3/t15?,16-,17?,18?,19-/m0/s1. The zero-order chi connectivity index (χ0) is 17.8. The van der Waals surface area contributed by atoms with Gasteiger partial charge in [0.1, 0.15) is 18.3 Å². The van der Waals surface area contributed by atoms with Gasteiger partial charge in [0, 0.05) is 26.9 Å². The van der Waals surface area contributed by atoms with Crippen molar-refractivity contribution >= 4 is 0 Å². The highest BCUT2D eigenvalue weighted by Gasteiger charge is 2.46. The molecule has 0 radical (unpaired) electrons. The Labute approximate surface area is 148 Å². The van der Waals surface area contributed by atoms with E-state index in [0.717, 1.165) is 45.1 Å². The third kappa shape index (κ3) is 6.96. The highest BCUT2D eigenvalue weighted by atomic mass is 16.7. The number of hydrogen-bond acceptors (Lipinski definition) is 5. The van der Waals surface area contributed by atoms with Crippen molar-refractivity contribution in [3.63, 3.8) is 0 Å². The Morgan fingerprint density at radius 2 is 1.17 bits per heavy atom. The van der Waals surface area contributed by atoms with Gasteiger partial charge < -0.3 is 23.7 Å². The summed E-state index contributed by atoms with van der Waals surface area (Å²) in [5, 5.41) is 0. The minimum absolute atomic E-state index is 0.0792. The molecule has 144 valence electrons. The van der Waals surface area contributed by atoms with Gasteiger partial charge in [0.05, 0.1) is 6.10 Å². The van der Waals surface area contributed by atoms with Crippen LogP contribution in [0.1, 0.15) is 66.2 Å². The van der Waals surface area contributed by atoms with E-state index < -0.39 is 6.29 Å². The molecule has 0 aromatic rings. The average Bonchev–Trinajstić information content (AvgIpc) is 2.58. The van der Waals surface area contributed by atoms with E-state index >= 15 is 0 Å². The van der Waals surface area contributed by atoms with Gasteiger partial charge in [-0.15, -0.1) is 0 Å². The number of ether oxygens (including phenoxy) is 5. The Morgan fingerprint density at radius 1 is 0.708 bits per heavy atom. The lowest BCUT2D eigenvalue weighted by atomic mass is 9.98. The second-order valence-corrected chi connectivity index (χ2v) is 6.51. The Hall–Kier alpha value is -0.200. The van der Waals surface area contributed by atoms with Gasteiger partial charge in [-0.25, -0.2) is 0 Å². The van der Waals surface area contributed by atoms with Gasteiger partial charge in [-0.3, -0.25) is 0 Å². The minimum atomic E-state index is -0.408. The van der Waals surface area contributed by atoms with Gasteiger partial charge >= 0.3 is 0 Å². The van der Waals surface area contributed by atoms with Crippen molar-refractivity contribution in [1.82, 2.24) is 0 Å². The van der Waals surface area contributed by atoms with Crippen LogP contribution >= 0.6 is 0 Å². The van der Waals surface area contributed by atoms with Crippen molar-refractivity contribution in [1.29, 1.82) is 0 Å². The third-order valence-corrected chi connectivity index (χ3v) is 4.38. The SMILES string of the molecule is CCCCOC1C(OCCCC)[C@@H](OCCCC)C(C)O[C@@H]1OC. The predicted molar refractivity (Wildman–Crippen MR) is 95.3 cm³/mol. The predicted octanol–water partition coefficient (Wildman–Crippen LogP) is 3.93. The van der Waals surface area contributed by atoms with Crippen LogP contribution in [0.25, 0.3) is 0 Å². The lowest BCUT2D eigenvalue weighted by molar-refractivity contribution is -0.309. The minimum Gasteiger partial charge on any atom is -0.373 e. The smallest absolute Gasteiger partial charge is 0.186 e. The first-order chi connectivity index (χ1) is 11.7. The molecule has 0 saturated carbocycles. The maximum atomic E-state index is 6.20. The highest BCUT2D eigenvalue weighted by molar-refractivity contribution is 4.91. The Morgan fingerprint density at radius 3 is 1.62 bits per heavy atom. The molecule has 1 aliphatic rings. The summed E-state index contributed by atoms with van der Waals surface area (Å²) in [6.45, 7) is 10.6. The summed E-state index contributed by atoms with van der Waals surface area (Å²) in [5.74, 6) is 0. The van der Waals surface area contributed by atoms with Gasteiger partial charge in [0.25, 0.3) is 0 Å². The van der Waals surface area contributed by atoms with E-state index in [2.05, 4.69) is 20.8 Å². The van der Waals surface area contributed by atoms with E-state index in [-0.39, 0.29) is 24.4 Å². The fourth-order valence-electron chi connectivity index (χ4n) is 2.85. The van der Waals surface area contributed by atoms with Crippen LogP contribution in [0.15, 0.2) is 0 Å². The molecule has 1 saturated heterocycles. The fraction of sp³-hybridized carbons (Fsp3) is 1.00. The van der Waals surface area contributed by atoms with E-state index in [1.165, 1.54) is 0 Å². The zero-order valence-electron chi connectivity index (χ0n) is 16.3. The summed E-state index contributed by atoms with van der Waals surface area (Å²) >= 11 is 0. The van der Waals surface area contributed by atoms with E-state index in [0.29, 0.717) is 13.2 Å². The number of rotatable bonds is 13. The molecule has 5 nitrogen and oxygen atoms in total.